The molecule has 0 aliphatic heterocycles. The van der Waals surface area contributed by atoms with Crippen LogP contribution in [0.5, 0.6) is 5.75 Å². The summed E-state index contributed by atoms with van der Waals surface area (Å²) in [7, 11) is -3.68. The Morgan fingerprint density at radius 1 is 1.12 bits per heavy atom. The third-order valence-electron chi connectivity index (χ3n) is 3.58. The van der Waals surface area contributed by atoms with E-state index in [-0.39, 0.29) is 10.8 Å². The van der Waals surface area contributed by atoms with Gasteiger partial charge in [-0.05, 0) is 54.8 Å². The molecule has 7 heteroatoms. The zero-order valence-corrected chi connectivity index (χ0v) is 15.3. The van der Waals surface area contributed by atoms with Crippen LogP contribution in [0.3, 0.4) is 0 Å². The van der Waals surface area contributed by atoms with Gasteiger partial charge < -0.3 is 10.1 Å². The normalized spacial score (nSPS) is 11.5. The minimum Gasteiger partial charge on any atom is -0.494 e. The molecular formula is C19H22N2O4S. The second kappa shape index (κ2) is 9.17. The molecule has 0 saturated heterocycles. The predicted molar refractivity (Wildman–Crippen MR) is 101 cm³/mol. The van der Waals surface area contributed by atoms with Gasteiger partial charge in [-0.1, -0.05) is 24.3 Å². The van der Waals surface area contributed by atoms with Crippen LogP contribution in [0.4, 0.5) is 0 Å². The van der Waals surface area contributed by atoms with E-state index in [2.05, 4.69) is 5.32 Å². The molecular weight excluding hydrogens is 352 g/mol. The van der Waals surface area contributed by atoms with Crippen LogP contribution in [-0.4, -0.2) is 27.5 Å². The van der Waals surface area contributed by atoms with Crippen LogP contribution < -0.4 is 15.2 Å². The minimum absolute atomic E-state index is 0.0728. The first-order valence-electron chi connectivity index (χ1n) is 8.19. The average Bonchev–Trinajstić information content (AvgIpc) is 2.61. The molecule has 2 aromatic carbocycles. The van der Waals surface area contributed by atoms with Gasteiger partial charge in [0.05, 0.1) is 11.5 Å². The molecule has 0 fully saturated rings. The molecule has 0 atom stereocenters. The molecule has 0 heterocycles. The zero-order valence-electron chi connectivity index (χ0n) is 14.5. The van der Waals surface area contributed by atoms with Crippen molar-refractivity contribution in [3.63, 3.8) is 0 Å². The van der Waals surface area contributed by atoms with E-state index in [9.17, 15) is 13.2 Å². The number of carbonyl (C=O) groups is 1. The fraction of sp³-hybridized carbons (Fsp3) is 0.211. The van der Waals surface area contributed by atoms with E-state index >= 15 is 0 Å². The van der Waals surface area contributed by atoms with Crippen molar-refractivity contribution in [3.05, 3.63) is 65.7 Å². The number of nitrogens with two attached hydrogens (primary N) is 1. The first-order chi connectivity index (χ1) is 12.4. The minimum atomic E-state index is -3.68. The number of rotatable bonds is 8. The van der Waals surface area contributed by atoms with Gasteiger partial charge in [0.2, 0.25) is 15.9 Å². The summed E-state index contributed by atoms with van der Waals surface area (Å²) in [6.45, 7) is 2.98. The molecule has 0 bridgehead atoms. The molecule has 0 saturated carbocycles. The van der Waals surface area contributed by atoms with Crippen LogP contribution in [0.25, 0.3) is 6.08 Å². The summed E-state index contributed by atoms with van der Waals surface area (Å²) in [5.41, 5.74) is 1.82. The Morgan fingerprint density at radius 2 is 1.77 bits per heavy atom. The molecule has 0 aliphatic carbocycles. The molecule has 2 rings (SSSR count). The van der Waals surface area contributed by atoms with Crippen LogP contribution in [-0.2, 0) is 21.2 Å². The highest BCUT2D eigenvalue weighted by Crippen LogP contribution is 2.13. The second-order valence-corrected chi connectivity index (χ2v) is 7.13. The summed E-state index contributed by atoms with van der Waals surface area (Å²) < 4.78 is 27.8. The highest BCUT2D eigenvalue weighted by Gasteiger charge is 2.06. The van der Waals surface area contributed by atoms with Gasteiger partial charge in [-0.15, -0.1) is 0 Å². The lowest BCUT2D eigenvalue weighted by molar-refractivity contribution is -0.116. The van der Waals surface area contributed by atoms with Gasteiger partial charge in [-0.25, -0.2) is 13.6 Å². The van der Waals surface area contributed by atoms with Crippen LogP contribution in [0.2, 0.25) is 0 Å². The van der Waals surface area contributed by atoms with Gasteiger partial charge in [-0.2, -0.15) is 0 Å². The number of hydrogen-bond acceptors (Lipinski definition) is 4. The molecule has 3 N–H and O–H groups in total. The Bertz CT molecular complexity index is 857. The van der Waals surface area contributed by atoms with Crippen LogP contribution >= 0.6 is 0 Å². The Labute approximate surface area is 153 Å². The van der Waals surface area contributed by atoms with Gasteiger partial charge in [0.1, 0.15) is 5.75 Å². The zero-order chi connectivity index (χ0) is 19.0. The quantitative estimate of drug-likeness (QED) is 0.691. The van der Waals surface area contributed by atoms with Gasteiger partial charge >= 0.3 is 0 Å². The summed E-state index contributed by atoms with van der Waals surface area (Å²) in [6, 6.07) is 13.7. The van der Waals surface area contributed by atoms with E-state index in [1.807, 2.05) is 31.2 Å². The smallest absolute Gasteiger partial charge is 0.244 e. The number of ether oxygens (including phenoxy) is 1. The summed E-state index contributed by atoms with van der Waals surface area (Å²) in [5.74, 6) is 0.600. The molecule has 1 amide bonds. The summed E-state index contributed by atoms with van der Waals surface area (Å²) in [4.78, 5) is 11.9. The number of benzene rings is 2. The lowest BCUT2D eigenvalue weighted by Gasteiger charge is -2.04. The Morgan fingerprint density at radius 3 is 2.35 bits per heavy atom. The number of amides is 1. The fourth-order valence-electron chi connectivity index (χ4n) is 2.25. The van der Waals surface area contributed by atoms with E-state index in [1.165, 1.54) is 18.2 Å². The molecule has 0 aromatic heterocycles. The van der Waals surface area contributed by atoms with E-state index in [0.29, 0.717) is 19.6 Å². The van der Waals surface area contributed by atoms with Crippen LogP contribution in [0.1, 0.15) is 18.1 Å². The number of carbonyl (C=O) groups excluding carboxylic acids is 1. The largest absolute Gasteiger partial charge is 0.494 e. The molecule has 26 heavy (non-hydrogen) atoms. The maximum absolute atomic E-state index is 11.8. The second-order valence-electron chi connectivity index (χ2n) is 5.57. The van der Waals surface area contributed by atoms with Crippen molar-refractivity contribution in [2.45, 2.75) is 18.2 Å². The van der Waals surface area contributed by atoms with Crippen molar-refractivity contribution >= 4 is 22.0 Å². The maximum atomic E-state index is 11.8. The fourth-order valence-corrected chi connectivity index (χ4v) is 2.76. The van der Waals surface area contributed by atoms with Crippen molar-refractivity contribution in [2.75, 3.05) is 13.2 Å². The summed E-state index contributed by atoms with van der Waals surface area (Å²) in [6.07, 6.45) is 3.79. The first-order valence-corrected chi connectivity index (χ1v) is 9.73. The number of primary sulfonamides is 1. The highest BCUT2D eigenvalue weighted by molar-refractivity contribution is 7.89. The molecule has 0 spiro atoms. The average molecular weight is 374 g/mol. The van der Waals surface area contributed by atoms with Gasteiger partial charge in [-0.3, -0.25) is 4.79 Å². The van der Waals surface area contributed by atoms with Crippen LogP contribution in [0, 0.1) is 0 Å². The van der Waals surface area contributed by atoms with Crippen molar-refractivity contribution in [3.8, 4) is 5.75 Å². The number of nitrogens with one attached hydrogen (secondary N) is 1. The predicted octanol–water partition coefficient (Wildman–Crippen LogP) is 2.10. The number of hydrogen-bond donors (Lipinski definition) is 2. The van der Waals surface area contributed by atoms with E-state index in [4.69, 9.17) is 9.88 Å². The Kier molecular flexibility index (Phi) is 6.94. The highest BCUT2D eigenvalue weighted by atomic mass is 32.2. The van der Waals surface area contributed by atoms with Gasteiger partial charge in [0.25, 0.3) is 0 Å². The topological polar surface area (TPSA) is 98.5 Å². The maximum Gasteiger partial charge on any atom is 0.244 e. The lowest BCUT2D eigenvalue weighted by Crippen LogP contribution is -2.23. The molecule has 138 valence electrons. The van der Waals surface area contributed by atoms with E-state index < -0.39 is 10.0 Å². The Balaban J connectivity index is 1.79. The van der Waals surface area contributed by atoms with Gasteiger partial charge in [0, 0.05) is 12.6 Å². The molecule has 2 aromatic rings. The molecule has 6 nitrogen and oxygen atoms in total. The molecule has 0 aliphatic rings. The van der Waals surface area contributed by atoms with Crippen molar-refractivity contribution < 1.29 is 17.9 Å². The lowest BCUT2D eigenvalue weighted by atomic mass is 10.1. The SMILES string of the molecule is CCOc1ccc(C=CC(=O)NCCc2ccc(S(N)(=O)=O)cc2)cc1. The summed E-state index contributed by atoms with van der Waals surface area (Å²) in [5, 5.41) is 7.84. The van der Waals surface area contributed by atoms with E-state index in [1.54, 1.807) is 18.2 Å². The van der Waals surface area contributed by atoms with Crippen molar-refractivity contribution in [1.82, 2.24) is 5.32 Å². The van der Waals surface area contributed by atoms with Crippen molar-refractivity contribution in [1.29, 1.82) is 0 Å². The molecule has 0 radical (unpaired) electrons. The monoisotopic (exact) mass is 374 g/mol. The van der Waals surface area contributed by atoms with E-state index in [0.717, 1.165) is 16.9 Å². The standard InChI is InChI=1S/C19H22N2O4S/c1-2-25-17-8-3-15(4-9-17)7-12-19(22)21-14-13-16-5-10-18(11-6-16)26(20,23)24/h3-12H,2,13-14H2,1H3,(H,21,22)(H2,20,23,24). The van der Waals surface area contributed by atoms with Crippen LogP contribution in [0.15, 0.2) is 59.5 Å². The third-order valence-corrected chi connectivity index (χ3v) is 4.51. The van der Waals surface area contributed by atoms with Crippen molar-refractivity contribution in [2.24, 2.45) is 5.14 Å². The first kappa shape index (κ1) is 19.7. The van der Waals surface area contributed by atoms with Gasteiger partial charge in [0.15, 0.2) is 0 Å². The third kappa shape index (κ3) is 6.34. The number of sulfonamides is 1. The molecule has 0 unspecified atom stereocenters. The summed E-state index contributed by atoms with van der Waals surface area (Å²) >= 11 is 0. The Hall–Kier alpha value is -2.64.